The van der Waals surface area contributed by atoms with Gasteiger partial charge in [-0.15, -0.1) is 0 Å². The van der Waals surface area contributed by atoms with Crippen molar-refractivity contribution < 1.29 is 94.3 Å². The van der Waals surface area contributed by atoms with Crippen LogP contribution in [0.25, 0.3) is 0 Å². The average Bonchev–Trinajstić information content (AvgIpc) is 3.35. The van der Waals surface area contributed by atoms with Crippen molar-refractivity contribution >= 4 is 29.2 Å². The summed E-state index contributed by atoms with van der Waals surface area (Å²) < 4.78 is 23.7. The third-order valence-corrected chi connectivity index (χ3v) is 14.1. The molecule has 21 nitrogen and oxygen atoms in total. The number of carbonyl (C=O) groups is 4. The second-order valence-corrected chi connectivity index (χ2v) is 21.2. The summed E-state index contributed by atoms with van der Waals surface area (Å²) >= 11 is 0. The zero-order valence-corrected chi connectivity index (χ0v) is 45.1. The number of allylic oxidation sites excluding steroid dienone is 12. The molecule has 0 amide bonds. The Bertz CT molecular complexity index is 2280. The fourth-order valence-corrected chi connectivity index (χ4v) is 9.90. The van der Waals surface area contributed by atoms with Crippen LogP contribution in [0.1, 0.15) is 108 Å². The molecule has 0 radical (unpaired) electrons. The highest BCUT2D eigenvalue weighted by Crippen LogP contribution is 2.38. The Labute approximate surface area is 461 Å². The number of aliphatic hydroxyl groups excluding tert-OH is 9. The molecule has 2 fully saturated rings. The minimum Gasteiger partial charge on any atom is -0.481 e. The maximum atomic E-state index is 13.3. The number of Topliss-reactive ketones (excluding diaryl/α,β-unsaturated/α-hetero) is 2. The molecule has 0 saturated carbocycles. The van der Waals surface area contributed by atoms with Gasteiger partial charge in [0.05, 0.1) is 79.6 Å². The summed E-state index contributed by atoms with van der Waals surface area (Å²) in [6.07, 6.45) is 1.70. The van der Waals surface area contributed by atoms with Crippen LogP contribution in [0.4, 0.5) is 5.69 Å². The number of carboxylic acid groups (broad SMARTS) is 1. The van der Waals surface area contributed by atoms with Crippen molar-refractivity contribution in [3.63, 3.8) is 0 Å². The van der Waals surface area contributed by atoms with Crippen molar-refractivity contribution in [2.75, 3.05) is 5.73 Å². The van der Waals surface area contributed by atoms with E-state index in [0.717, 1.165) is 0 Å². The molecule has 3 aliphatic rings. The maximum absolute atomic E-state index is 13.3. The molecule has 19 atom stereocenters. The largest absolute Gasteiger partial charge is 0.481 e. The molecule has 15 N–H and O–H groups in total. The fourth-order valence-electron chi connectivity index (χ4n) is 9.90. The summed E-state index contributed by atoms with van der Waals surface area (Å²) in [5, 5.41) is 119. The van der Waals surface area contributed by atoms with Crippen molar-refractivity contribution in [1.82, 2.24) is 0 Å². The van der Waals surface area contributed by atoms with E-state index in [2.05, 4.69) is 0 Å². The first-order chi connectivity index (χ1) is 37.3. The number of ketones is 2. The first-order valence-corrected chi connectivity index (χ1v) is 26.9. The number of aliphatic hydroxyl groups is 10. The molecule has 4 rings (SSSR count). The topological polar surface area (TPSA) is 380 Å². The first kappa shape index (κ1) is 66.4. The molecule has 0 aromatic heterocycles. The van der Waals surface area contributed by atoms with Crippen LogP contribution in [0.2, 0.25) is 0 Å². The Balaban J connectivity index is 1.54. The standard InChI is InChI=1S/C58H84N2O19/c1-34-16-14-12-10-8-6-4-5-7-9-11-13-15-17-46(77-57-54(72)52(60)53(71)36(3)76-57)31-49-51(56(73)74)48(69)33-58(75,79-49)32-45(67)28-43(65)26-41(63)24-40(62)25-42(64)27-44(66)30-50(70)78-55(34)35(2)18-23-39(61)29-47(68)37-19-21-38(59)22-20-37/h4-17,19-22,34-36,39-41,43-46,48-49,51-55,57,61-63,65-67,69,71-72,75H,18,23-33,59-60H2,1-3H3,(H,73,74)/b5-4-,8-6-,9-7+,12-10+,13-11+,16-14+,17-15+/t34-,35-,36+,39?,40+,41-,43-,44?,45-,46-,48-,49?,51+,52-,53+,54-,55-,57-,58+/m0/s1. The van der Waals surface area contributed by atoms with E-state index in [-0.39, 0.29) is 36.9 Å². The van der Waals surface area contributed by atoms with Gasteiger partial charge in [0.25, 0.3) is 0 Å². The number of anilines is 1. The van der Waals surface area contributed by atoms with Crippen LogP contribution in [0, 0.1) is 17.8 Å². The van der Waals surface area contributed by atoms with Gasteiger partial charge >= 0.3 is 11.9 Å². The number of esters is 1. The highest BCUT2D eigenvalue weighted by atomic mass is 16.7. The molecule has 1 aromatic carbocycles. The summed E-state index contributed by atoms with van der Waals surface area (Å²) in [6.45, 7) is 5.20. The second kappa shape index (κ2) is 33.0. The number of hydrogen-bond acceptors (Lipinski definition) is 20. The zero-order valence-electron chi connectivity index (χ0n) is 45.1. The number of carboxylic acids is 1. The van der Waals surface area contributed by atoms with Gasteiger partial charge in [-0.2, -0.15) is 0 Å². The summed E-state index contributed by atoms with van der Waals surface area (Å²) in [4.78, 5) is 51.6. The molecule has 0 aliphatic carbocycles. The Hall–Kier alpha value is -5.08. The van der Waals surface area contributed by atoms with Gasteiger partial charge < -0.3 is 86.6 Å². The number of cyclic esters (lactones) is 1. The minimum absolute atomic E-state index is 0.128. The third kappa shape index (κ3) is 23.1. The Kier molecular flexibility index (Phi) is 27.7. The van der Waals surface area contributed by atoms with Gasteiger partial charge in [0.2, 0.25) is 0 Å². The van der Waals surface area contributed by atoms with Crippen LogP contribution in [-0.2, 0) is 33.3 Å². The molecule has 1 aromatic rings. The molecule has 2 bridgehead atoms. The lowest BCUT2D eigenvalue weighted by atomic mass is 9.82. The molecule has 21 heteroatoms. The number of benzene rings is 1. The number of nitrogens with two attached hydrogens (primary N) is 2. The van der Waals surface area contributed by atoms with Crippen molar-refractivity contribution in [2.45, 2.75) is 195 Å². The minimum atomic E-state index is -2.34. The van der Waals surface area contributed by atoms with Crippen LogP contribution in [-0.4, -0.2) is 177 Å². The lowest BCUT2D eigenvalue weighted by molar-refractivity contribution is -0.308. The number of fused-ring (bicyclic) bond motifs is 2. The van der Waals surface area contributed by atoms with Crippen LogP contribution in [0.3, 0.4) is 0 Å². The number of ether oxygens (including phenoxy) is 4. The van der Waals surface area contributed by atoms with Crippen LogP contribution >= 0.6 is 0 Å². The Morgan fingerprint density at radius 3 is 1.85 bits per heavy atom. The predicted octanol–water partition coefficient (Wildman–Crippen LogP) is 2.29. The zero-order chi connectivity index (χ0) is 58.4. The van der Waals surface area contributed by atoms with E-state index in [9.17, 15) is 75.3 Å². The van der Waals surface area contributed by atoms with Gasteiger partial charge in [0.15, 0.2) is 17.9 Å². The number of aliphatic carboxylic acids is 1. The van der Waals surface area contributed by atoms with Gasteiger partial charge in [-0.05, 0) is 69.2 Å². The van der Waals surface area contributed by atoms with Crippen molar-refractivity contribution in [2.24, 2.45) is 23.5 Å². The molecule has 3 heterocycles. The molecule has 2 saturated heterocycles. The maximum Gasteiger partial charge on any atom is 0.311 e. The van der Waals surface area contributed by atoms with Crippen LogP contribution in [0.5, 0.6) is 0 Å². The number of rotatable bonds is 10. The van der Waals surface area contributed by atoms with Crippen LogP contribution in [0.15, 0.2) is 109 Å². The summed E-state index contributed by atoms with van der Waals surface area (Å²) in [7, 11) is 0. The van der Waals surface area contributed by atoms with Crippen molar-refractivity contribution in [1.29, 1.82) is 0 Å². The van der Waals surface area contributed by atoms with E-state index in [0.29, 0.717) is 17.7 Å². The van der Waals surface area contributed by atoms with Crippen molar-refractivity contribution in [3.8, 4) is 0 Å². The predicted molar refractivity (Wildman–Crippen MR) is 290 cm³/mol. The lowest BCUT2D eigenvalue weighted by Gasteiger charge is -2.45. The molecule has 440 valence electrons. The molecule has 0 spiro atoms. The normalized spacial score (nSPS) is 38.4. The molecular formula is C58H84N2O19. The highest BCUT2D eigenvalue weighted by Gasteiger charge is 2.51. The number of nitrogen functional groups attached to an aromatic ring is 1. The third-order valence-electron chi connectivity index (χ3n) is 14.1. The Morgan fingerprint density at radius 1 is 0.709 bits per heavy atom. The van der Waals surface area contributed by atoms with E-state index < -0.39 is 172 Å². The van der Waals surface area contributed by atoms with Gasteiger partial charge in [-0.3, -0.25) is 19.2 Å². The van der Waals surface area contributed by atoms with E-state index in [1.807, 2.05) is 19.9 Å². The van der Waals surface area contributed by atoms with Gasteiger partial charge in [0, 0.05) is 55.7 Å². The molecule has 3 aliphatic heterocycles. The monoisotopic (exact) mass is 1110 g/mol. The van der Waals surface area contributed by atoms with Crippen LogP contribution < -0.4 is 11.5 Å². The van der Waals surface area contributed by atoms with E-state index in [1.165, 1.54) is 13.0 Å². The molecular weight excluding hydrogens is 1030 g/mol. The molecule has 79 heavy (non-hydrogen) atoms. The van der Waals surface area contributed by atoms with E-state index in [4.69, 9.17) is 30.4 Å². The van der Waals surface area contributed by atoms with Gasteiger partial charge in [0.1, 0.15) is 23.9 Å². The summed E-state index contributed by atoms with van der Waals surface area (Å²) in [5.41, 5.74) is 12.7. The molecule has 3 unspecified atom stereocenters. The lowest BCUT2D eigenvalue weighted by Crippen LogP contribution is -2.61. The highest BCUT2D eigenvalue weighted by molar-refractivity contribution is 5.96. The number of hydrogen-bond donors (Lipinski definition) is 13. The summed E-state index contributed by atoms with van der Waals surface area (Å²) in [5.74, 6) is -7.81. The first-order valence-electron chi connectivity index (χ1n) is 26.9. The Morgan fingerprint density at radius 2 is 1.25 bits per heavy atom. The summed E-state index contributed by atoms with van der Waals surface area (Å²) in [6, 6.07) is 5.21. The smallest absolute Gasteiger partial charge is 0.311 e. The average molecular weight is 1110 g/mol. The van der Waals surface area contributed by atoms with Gasteiger partial charge in [-0.25, -0.2) is 0 Å². The number of carbonyl (C=O) groups excluding carboxylic acids is 3. The SMILES string of the molecule is C[C@H]1/C=C/C=C/C=C\C=C/C=C/C=C/C=C/[C@H](O[C@@H]2O[C@H](C)[C@@H](O)[C@H](N)[C@@H]2O)CC2O[C@](O)(C[C@@H](O)C[C@@H](O)C[C@@H](O)C[C@@H](O)CC(=O)CC(O)CC(=O)O[C@@H]1[C@@H](C)CCC(O)CC(=O)c1ccc(N)cc1)C[C@H](O)[C@H]2C(=O)O. The second-order valence-electron chi connectivity index (χ2n) is 21.2. The quantitative estimate of drug-likeness (QED) is 0.0908. The van der Waals surface area contributed by atoms with E-state index in [1.54, 1.807) is 97.2 Å². The van der Waals surface area contributed by atoms with Gasteiger partial charge in [-0.1, -0.05) is 98.9 Å². The fraction of sp³-hybridized carbons (Fsp3) is 0.586. The van der Waals surface area contributed by atoms with Crippen molar-refractivity contribution in [3.05, 3.63) is 115 Å². The van der Waals surface area contributed by atoms with E-state index >= 15 is 0 Å².